The van der Waals surface area contributed by atoms with Crippen molar-refractivity contribution < 1.29 is 19.7 Å². The van der Waals surface area contributed by atoms with Gasteiger partial charge in [0.05, 0.1) is 12.5 Å². The monoisotopic (exact) mass is 293 g/mol. The molecule has 2 saturated carbocycles. The predicted molar refractivity (Wildman–Crippen MR) is 74.2 cm³/mol. The van der Waals surface area contributed by atoms with E-state index in [1.165, 1.54) is 0 Å². The summed E-state index contributed by atoms with van der Waals surface area (Å²) in [6.45, 7) is 2.13. The summed E-state index contributed by atoms with van der Waals surface area (Å²) in [4.78, 5) is 10.9. The topological polar surface area (TPSA) is 93.9 Å². The number of aliphatic hydroxyl groups excluding tert-OH is 1. The number of hydrogen-bond acceptors (Lipinski definition) is 4. The summed E-state index contributed by atoms with van der Waals surface area (Å²) in [5.41, 5.74) is -0.622. The lowest BCUT2D eigenvalue weighted by Gasteiger charge is -2.17. The summed E-state index contributed by atoms with van der Waals surface area (Å²) in [6, 6.07) is 2.34. The Hall–Kier alpha value is -1.12. The van der Waals surface area contributed by atoms with E-state index < -0.39 is 17.7 Å². The molecule has 0 aromatic heterocycles. The first-order chi connectivity index (χ1) is 10.0. The number of nitriles is 1. The summed E-state index contributed by atoms with van der Waals surface area (Å²) in [5, 5.41) is 28.3. The molecule has 0 amide bonds. The molecule has 0 bridgehead atoms. The van der Waals surface area contributed by atoms with Crippen molar-refractivity contribution in [3.63, 3.8) is 0 Å². The number of carboxylic acids is 1. The van der Waals surface area contributed by atoms with Gasteiger partial charge in [-0.15, -0.1) is 0 Å². The molecular weight excluding hydrogens is 270 g/mol. The number of rotatable bonds is 7. The van der Waals surface area contributed by atoms with Gasteiger partial charge in [-0.2, -0.15) is 5.26 Å². The quantitative estimate of drug-likeness (QED) is 0.552. The van der Waals surface area contributed by atoms with Crippen LogP contribution in [0.4, 0.5) is 0 Å². The lowest BCUT2D eigenvalue weighted by molar-refractivity contribution is -0.139. The second-order valence-corrected chi connectivity index (χ2v) is 6.88. The Morgan fingerprint density at radius 1 is 1.43 bits per heavy atom. The molecule has 2 aliphatic carbocycles. The molecule has 3 rings (SSSR count). The van der Waals surface area contributed by atoms with Gasteiger partial charge in [-0.3, -0.25) is 4.79 Å². The average molecular weight is 293 g/mol. The number of nitrogens with zero attached hydrogens (tertiary/aromatic N) is 1. The van der Waals surface area contributed by atoms with E-state index in [4.69, 9.17) is 9.84 Å². The first-order valence-corrected chi connectivity index (χ1v) is 8.03. The van der Waals surface area contributed by atoms with E-state index in [1.807, 2.05) is 0 Å². The predicted octanol–water partition coefficient (Wildman–Crippen LogP) is 1.95. The third-order valence-corrected chi connectivity index (χ3v) is 5.64. The first-order valence-electron chi connectivity index (χ1n) is 8.03. The highest BCUT2D eigenvalue weighted by atomic mass is 16.6. The normalized spacial score (nSPS) is 46.7. The Labute approximate surface area is 124 Å². The molecule has 1 heterocycles. The Bertz CT molecular complexity index is 473. The SMILES string of the molecule is CCCCCC1(C#N)OC1C1C2CC(O)C(CC(=O)O)C21. The molecule has 7 unspecified atom stereocenters. The zero-order chi connectivity index (χ0) is 15.2. The van der Waals surface area contributed by atoms with E-state index in [2.05, 4.69) is 13.0 Å². The van der Waals surface area contributed by atoms with Crippen LogP contribution in [0.5, 0.6) is 0 Å². The van der Waals surface area contributed by atoms with Crippen LogP contribution in [0.3, 0.4) is 0 Å². The largest absolute Gasteiger partial charge is 0.481 e. The smallest absolute Gasteiger partial charge is 0.303 e. The second kappa shape index (κ2) is 5.26. The van der Waals surface area contributed by atoms with Gasteiger partial charge in [0, 0.05) is 0 Å². The van der Waals surface area contributed by atoms with Crippen LogP contribution in [0.15, 0.2) is 0 Å². The third kappa shape index (κ3) is 2.45. The van der Waals surface area contributed by atoms with E-state index in [0.717, 1.165) is 25.7 Å². The van der Waals surface area contributed by atoms with Gasteiger partial charge in [-0.25, -0.2) is 0 Å². The zero-order valence-electron chi connectivity index (χ0n) is 12.4. The van der Waals surface area contributed by atoms with Crippen LogP contribution in [-0.4, -0.2) is 34.0 Å². The summed E-state index contributed by atoms with van der Waals surface area (Å²) in [5.74, 6) is -0.123. The van der Waals surface area contributed by atoms with E-state index >= 15 is 0 Å². The van der Waals surface area contributed by atoms with Crippen LogP contribution in [-0.2, 0) is 9.53 Å². The maximum atomic E-state index is 10.9. The molecule has 0 spiro atoms. The van der Waals surface area contributed by atoms with Gasteiger partial charge in [0.1, 0.15) is 12.2 Å². The number of aliphatic carboxylic acids is 1. The zero-order valence-corrected chi connectivity index (χ0v) is 12.4. The standard InChI is InChI=1S/C16H23NO4/c1-2-3-4-5-16(8-17)15(21-16)14-10-6-11(18)9(13(10)14)7-12(19)20/h9-11,13-15,18H,2-7H2,1H3,(H,19,20). The number of epoxide rings is 1. The fraction of sp³-hybridized carbons (Fsp3) is 0.875. The Balaban J connectivity index is 1.59. The molecule has 3 fully saturated rings. The van der Waals surface area contributed by atoms with Crippen LogP contribution in [0, 0.1) is 35.0 Å². The minimum atomic E-state index is -0.850. The van der Waals surface area contributed by atoms with Gasteiger partial charge >= 0.3 is 5.97 Å². The van der Waals surface area contributed by atoms with Crippen molar-refractivity contribution in [3.8, 4) is 6.07 Å². The number of fused-ring (bicyclic) bond motifs is 1. The summed E-state index contributed by atoms with van der Waals surface area (Å²) in [6.07, 6.45) is 4.18. The third-order valence-electron chi connectivity index (χ3n) is 5.64. The van der Waals surface area contributed by atoms with Crippen molar-refractivity contribution in [1.82, 2.24) is 0 Å². The molecule has 5 nitrogen and oxygen atoms in total. The van der Waals surface area contributed by atoms with Crippen molar-refractivity contribution in [2.45, 2.75) is 63.3 Å². The minimum absolute atomic E-state index is 0.0287. The highest BCUT2D eigenvalue weighted by molar-refractivity contribution is 5.67. The van der Waals surface area contributed by atoms with E-state index in [-0.39, 0.29) is 24.4 Å². The average Bonchev–Trinajstić information content (AvgIpc) is 3.28. The van der Waals surface area contributed by atoms with Gasteiger partial charge < -0.3 is 14.9 Å². The summed E-state index contributed by atoms with van der Waals surface area (Å²) < 4.78 is 5.76. The summed E-state index contributed by atoms with van der Waals surface area (Å²) >= 11 is 0. The van der Waals surface area contributed by atoms with E-state index in [0.29, 0.717) is 18.3 Å². The Kier molecular flexibility index (Phi) is 3.71. The fourth-order valence-corrected chi connectivity index (χ4v) is 4.52. The van der Waals surface area contributed by atoms with Crippen LogP contribution in [0.1, 0.15) is 45.4 Å². The Morgan fingerprint density at radius 3 is 2.81 bits per heavy atom. The molecule has 0 radical (unpaired) electrons. The van der Waals surface area contributed by atoms with Crippen LogP contribution in [0.25, 0.3) is 0 Å². The van der Waals surface area contributed by atoms with Crippen molar-refractivity contribution >= 4 is 5.97 Å². The molecule has 2 N–H and O–H groups in total. The molecule has 1 aliphatic heterocycles. The highest BCUT2D eigenvalue weighted by Crippen LogP contribution is 2.68. The number of carbonyl (C=O) groups is 1. The van der Waals surface area contributed by atoms with E-state index in [1.54, 1.807) is 0 Å². The second-order valence-electron chi connectivity index (χ2n) is 6.88. The number of aliphatic hydroxyl groups is 1. The fourth-order valence-electron chi connectivity index (χ4n) is 4.52. The first kappa shape index (κ1) is 14.8. The molecule has 21 heavy (non-hydrogen) atoms. The van der Waals surface area contributed by atoms with Crippen molar-refractivity contribution in [1.29, 1.82) is 5.26 Å². The molecule has 7 atom stereocenters. The van der Waals surface area contributed by atoms with Gasteiger partial charge in [0.2, 0.25) is 0 Å². The van der Waals surface area contributed by atoms with Gasteiger partial charge in [-0.1, -0.05) is 19.8 Å². The lowest BCUT2D eigenvalue weighted by atomic mass is 9.89. The molecule has 0 aromatic rings. The maximum absolute atomic E-state index is 10.9. The number of carboxylic acid groups (broad SMARTS) is 1. The molecule has 5 heteroatoms. The highest BCUT2D eigenvalue weighted by Gasteiger charge is 2.73. The minimum Gasteiger partial charge on any atom is -0.481 e. The van der Waals surface area contributed by atoms with Gasteiger partial charge in [0.15, 0.2) is 5.60 Å². The van der Waals surface area contributed by atoms with Crippen molar-refractivity contribution in [2.24, 2.45) is 23.7 Å². The number of ether oxygens (including phenoxy) is 1. The summed E-state index contributed by atoms with van der Waals surface area (Å²) in [7, 11) is 0. The van der Waals surface area contributed by atoms with Crippen LogP contribution in [0.2, 0.25) is 0 Å². The van der Waals surface area contributed by atoms with Crippen molar-refractivity contribution in [3.05, 3.63) is 0 Å². The van der Waals surface area contributed by atoms with E-state index in [9.17, 15) is 15.2 Å². The number of hydrogen-bond donors (Lipinski definition) is 2. The van der Waals surface area contributed by atoms with Gasteiger partial charge in [0.25, 0.3) is 0 Å². The lowest BCUT2D eigenvalue weighted by Crippen LogP contribution is -2.25. The molecular formula is C16H23NO4. The molecule has 1 saturated heterocycles. The van der Waals surface area contributed by atoms with Crippen molar-refractivity contribution in [2.75, 3.05) is 0 Å². The maximum Gasteiger partial charge on any atom is 0.303 e. The van der Waals surface area contributed by atoms with Crippen LogP contribution < -0.4 is 0 Å². The molecule has 116 valence electrons. The Morgan fingerprint density at radius 2 is 2.19 bits per heavy atom. The van der Waals surface area contributed by atoms with Gasteiger partial charge in [-0.05, 0) is 42.9 Å². The molecule has 3 aliphatic rings. The number of unbranched alkanes of at least 4 members (excludes halogenated alkanes) is 2. The molecule has 0 aromatic carbocycles. The van der Waals surface area contributed by atoms with Crippen LogP contribution >= 0.6 is 0 Å².